The lowest BCUT2D eigenvalue weighted by molar-refractivity contribution is -0.302. The Labute approximate surface area is 146 Å². The van der Waals surface area contributed by atoms with Crippen molar-refractivity contribution in [1.29, 1.82) is 0 Å². The second-order valence-electron chi connectivity index (χ2n) is 6.13. The summed E-state index contributed by atoms with van der Waals surface area (Å²) in [5.74, 6) is -0.404. The van der Waals surface area contributed by atoms with E-state index in [0.717, 1.165) is 5.56 Å². The van der Waals surface area contributed by atoms with Crippen molar-refractivity contribution in [2.24, 2.45) is 0 Å². The monoisotopic (exact) mass is 351 g/mol. The van der Waals surface area contributed by atoms with Crippen molar-refractivity contribution in [1.82, 2.24) is 5.32 Å². The standard InChI is InChI=1S/C18H25NO6/c1-3-9-18(23)15(19-12(2)21)17(25-14(10-20)16(18)22)24-11-13-7-5-4-6-8-13/h3-8,14-17,20,22-23H,1,9-11H2,2H3,(H,19,21)/t14-,15-,16-,17+,18-/m1/s1. The van der Waals surface area contributed by atoms with Crippen LogP contribution < -0.4 is 5.32 Å². The first-order valence-electron chi connectivity index (χ1n) is 8.12. The van der Waals surface area contributed by atoms with Crippen molar-refractivity contribution in [2.75, 3.05) is 6.61 Å². The van der Waals surface area contributed by atoms with E-state index in [4.69, 9.17) is 9.47 Å². The van der Waals surface area contributed by atoms with Gasteiger partial charge in [0.1, 0.15) is 23.9 Å². The summed E-state index contributed by atoms with van der Waals surface area (Å²) in [5, 5.41) is 33.5. The smallest absolute Gasteiger partial charge is 0.217 e. The number of carbonyl (C=O) groups is 1. The van der Waals surface area contributed by atoms with Gasteiger partial charge in [-0.25, -0.2) is 0 Å². The van der Waals surface area contributed by atoms with Gasteiger partial charge in [0.15, 0.2) is 6.29 Å². The molecule has 1 heterocycles. The molecule has 0 radical (unpaired) electrons. The summed E-state index contributed by atoms with van der Waals surface area (Å²) >= 11 is 0. The Balaban J connectivity index is 2.25. The third-order valence-electron chi connectivity index (χ3n) is 4.25. The average molecular weight is 351 g/mol. The van der Waals surface area contributed by atoms with Gasteiger partial charge in [-0.05, 0) is 12.0 Å². The van der Waals surface area contributed by atoms with Crippen LogP contribution >= 0.6 is 0 Å². The van der Waals surface area contributed by atoms with Crippen LogP contribution in [0, 0.1) is 0 Å². The van der Waals surface area contributed by atoms with E-state index in [1.807, 2.05) is 30.3 Å². The van der Waals surface area contributed by atoms with Crippen molar-refractivity contribution >= 4 is 5.91 Å². The number of benzene rings is 1. The molecular weight excluding hydrogens is 326 g/mol. The van der Waals surface area contributed by atoms with Gasteiger partial charge in [0.25, 0.3) is 0 Å². The van der Waals surface area contributed by atoms with Crippen LogP contribution in [0.15, 0.2) is 43.0 Å². The van der Waals surface area contributed by atoms with Gasteiger partial charge >= 0.3 is 0 Å². The molecule has 138 valence electrons. The van der Waals surface area contributed by atoms with E-state index in [-0.39, 0.29) is 13.0 Å². The van der Waals surface area contributed by atoms with Crippen molar-refractivity contribution in [3.05, 3.63) is 48.6 Å². The van der Waals surface area contributed by atoms with Crippen LogP contribution in [0.2, 0.25) is 0 Å². The van der Waals surface area contributed by atoms with Gasteiger partial charge in [-0.3, -0.25) is 4.79 Å². The molecule has 1 aromatic rings. The number of rotatable bonds is 7. The molecule has 1 fully saturated rings. The van der Waals surface area contributed by atoms with Crippen molar-refractivity contribution in [2.45, 2.75) is 50.1 Å². The Morgan fingerprint density at radius 3 is 2.68 bits per heavy atom. The second kappa shape index (κ2) is 8.55. The first-order valence-corrected chi connectivity index (χ1v) is 8.12. The summed E-state index contributed by atoms with van der Waals surface area (Å²) in [7, 11) is 0. The largest absolute Gasteiger partial charge is 0.394 e. The molecule has 0 aromatic heterocycles. The summed E-state index contributed by atoms with van der Waals surface area (Å²) in [6, 6.07) is 8.31. The van der Waals surface area contributed by atoms with Crippen LogP contribution in [0.5, 0.6) is 0 Å². The van der Waals surface area contributed by atoms with Crippen LogP contribution in [0.25, 0.3) is 0 Å². The quantitative estimate of drug-likeness (QED) is 0.519. The third-order valence-corrected chi connectivity index (χ3v) is 4.25. The highest BCUT2D eigenvalue weighted by Crippen LogP contribution is 2.34. The molecule has 5 atom stereocenters. The molecule has 0 bridgehead atoms. The number of aliphatic hydroxyl groups excluding tert-OH is 2. The van der Waals surface area contributed by atoms with Gasteiger partial charge < -0.3 is 30.1 Å². The number of nitrogens with one attached hydrogen (secondary N) is 1. The van der Waals surface area contributed by atoms with Crippen molar-refractivity contribution in [3.63, 3.8) is 0 Å². The number of amides is 1. The number of carbonyl (C=O) groups excluding carboxylic acids is 1. The number of hydrogen-bond acceptors (Lipinski definition) is 6. The first-order chi connectivity index (χ1) is 11.9. The molecule has 0 aliphatic carbocycles. The zero-order valence-electron chi connectivity index (χ0n) is 14.2. The minimum absolute atomic E-state index is 0.00975. The predicted octanol–water partition coefficient (Wildman–Crippen LogP) is 0.0932. The minimum atomic E-state index is -1.78. The fourth-order valence-corrected chi connectivity index (χ4v) is 2.99. The van der Waals surface area contributed by atoms with Gasteiger partial charge in [-0.2, -0.15) is 0 Å². The third kappa shape index (κ3) is 4.45. The molecule has 1 aliphatic heterocycles. The van der Waals surface area contributed by atoms with Gasteiger partial charge in [-0.15, -0.1) is 6.58 Å². The summed E-state index contributed by atoms with van der Waals surface area (Å²) in [6.45, 7) is 4.57. The maximum absolute atomic E-state index is 11.6. The maximum atomic E-state index is 11.6. The highest BCUT2D eigenvalue weighted by atomic mass is 16.7. The molecule has 1 saturated heterocycles. The summed E-state index contributed by atoms with van der Waals surface area (Å²) in [5.41, 5.74) is -0.896. The average Bonchev–Trinajstić information content (AvgIpc) is 2.59. The lowest BCUT2D eigenvalue weighted by Gasteiger charge is -2.49. The summed E-state index contributed by atoms with van der Waals surface area (Å²) < 4.78 is 11.3. The summed E-state index contributed by atoms with van der Waals surface area (Å²) in [4.78, 5) is 11.6. The molecule has 0 unspecified atom stereocenters. The Kier molecular flexibility index (Phi) is 6.69. The van der Waals surface area contributed by atoms with Gasteiger partial charge in [-0.1, -0.05) is 36.4 Å². The Hall–Kier alpha value is -1.77. The predicted molar refractivity (Wildman–Crippen MR) is 90.4 cm³/mol. The van der Waals surface area contributed by atoms with Crippen molar-refractivity contribution < 1.29 is 29.6 Å². The van der Waals surface area contributed by atoms with Crippen molar-refractivity contribution in [3.8, 4) is 0 Å². The molecular formula is C18H25NO6. The van der Waals surface area contributed by atoms with E-state index in [1.54, 1.807) is 0 Å². The number of aliphatic hydroxyl groups is 3. The zero-order valence-corrected chi connectivity index (χ0v) is 14.2. The Morgan fingerprint density at radius 1 is 1.44 bits per heavy atom. The molecule has 1 aromatic carbocycles. The summed E-state index contributed by atoms with van der Waals surface area (Å²) in [6.07, 6.45) is -2.08. The van der Waals surface area contributed by atoms with Gasteiger partial charge in [0.05, 0.1) is 13.2 Å². The van der Waals surface area contributed by atoms with Crippen LogP contribution in [-0.4, -0.2) is 58.0 Å². The normalized spacial score (nSPS) is 32.2. The molecule has 1 amide bonds. The maximum Gasteiger partial charge on any atom is 0.217 e. The van der Waals surface area contributed by atoms with Gasteiger partial charge in [0, 0.05) is 6.92 Å². The fourth-order valence-electron chi connectivity index (χ4n) is 2.99. The first kappa shape index (κ1) is 19.6. The van der Waals surface area contributed by atoms with Crippen LogP contribution in [-0.2, 0) is 20.9 Å². The molecule has 4 N–H and O–H groups in total. The molecule has 25 heavy (non-hydrogen) atoms. The topological polar surface area (TPSA) is 108 Å². The molecule has 0 spiro atoms. The van der Waals surface area contributed by atoms with Crippen LogP contribution in [0.4, 0.5) is 0 Å². The van der Waals surface area contributed by atoms with Crippen LogP contribution in [0.3, 0.4) is 0 Å². The molecule has 2 rings (SSSR count). The van der Waals surface area contributed by atoms with E-state index in [0.29, 0.717) is 0 Å². The Bertz CT molecular complexity index is 580. The lowest BCUT2D eigenvalue weighted by atomic mass is 9.79. The highest BCUT2D eigenvalue weighted by Gasteiger charge is 2.55. The minimum Gasteiger partial charge on any atom is -0.394 e. The molecule has 1 aliphatic rings. The highest BCUT2D eigenvalue weighted by molar-refractivity contribution is 5.73. The SMILES string of the molecule is C=CC[C@]1(O)[C@H](O)[C@@H](CO)O[C@H](OCc2ccccc2)[C@H]1NC(C)=O. The zero-order chi connectivity index (χ0) is 18.4. The molecule has 7 heteroatoms. The molecule has 7 nitrogen and oxygen atoms in total. The van der Waals surface area contributed by atoms with E-state index in [2.05, 4.69) is 11.9 Å². The molecule has 0 saturated carbocycles. The number of hydrogen-bond donors (Lipinski definition) is 4. The Morgan fingerprint density at radius 2 is 2.12 bits per heavy atom. The fraction of sp³-hybridized carbons (Fsp3) is 0.500. The lowest BCUT2D eigenvalue weighted by Crippen LogP contribution is -2.71. The van der Waals surface area contributed by atoms with E-state index in [1.165, 1.54) is 13.0 Å². The second-order valence-corrected chi connectivity index (χ2v) is 6.13. The van der Waals surface area contributed by atoms with Gasteiger partial charge in [0.2, 0.25) is 5.91 Å². The van der Waals surface area contributed by atoms with E-state index < -0.39 is 42.7 Å². The van der Waals surface area contributed by atoms with E-state index in [9.17, 15) is 20.1 Å². The van der Waals surface area contributed by atoms with Crippen LogP contribution in [0.1, 0.15) is 18.9 Å². The van der Waals surface area contributed by atoms with E-state index >= 15 is 0 Å². The number of ether oxygens (including phenoxy) is 2.